The van der Waals surface area contributed by atoms with Crippen LogP contribution >= 0.6 is 0 Å². The highest BCUT2D eigenvalue weighted by Gasteiger charge is 2.27. The van der Waals surface area contributed by atoms with Gasteiger partial charge in [0.2, 0.25) is 0 Å². The first kappa shape index (κ1) is 24.4. The van der Waals surface area contributed by atoms with Gasteiger partial charge >= 0.3 is 0 Å². The van der Waals surface area contributed by atoms with Crippen LogP contribution < -0.4 is 11.0 Å². The van der Waals surface area contributed by atoms with Gasteiger partial charge in [-0.05, 0) is 44.8 Å². The van der Waals surface area contributed by atoms with E-state index in [1.54, 1.807) is 4.57 Å². The molecule has 1 atom stereocenters. The lowest BCUT2D eigenvalue weighted by atomic mass is 9.94. The van der Waals surface area contributed by atoms with Gasteiger partial charge in [-0.2, -0.15) is 0 Å². The Morgan fingerprint density at radius 1 is 0.971 bits per heavy atom. The maximum Gasteiger partial charge on any atom is 0.261 e. The van der Waals surface area contributed by atoms with Crippen LogP contribution in [0.1, 0.15) is 34.7 Å². The van der Waals surface area contributed by atoms with Crippen LogP contribution in [0.2, 0.25) is 0 Å². The maximum absolute atomic E-state index is 13.7. The molecule has 0 aliphatic rings. The quantitative estimate of drug-likeness (QED) is 0.375. The van der Waals surface area contributed by atoms with Crippen LogP contribution in [0.15, 0.2) is 83.7 Å². The molecular weight excluding hydrogens is 435 g/mol. The smallest absolute Gasteiger partial charge is 0.261 e. The third kappa shape index (κ3) is 5.52. The lowest BCUT2D eigenvalue weighted by molar-refractivity contribution is 0.0665. The van der Waals surface area contributed by atoms with Gasteiger partial charge in [0.15, 0.2) is 0 Å². The molecule has 4 rings (SSSR count). The van der Waals surface area contributed by atoms with Crippen molar-refractivity contribution in [1.29, 1.82) is 0 Å². The van der Waals surface area contributed by atoms with Crippen molar-refractivity contribution in [2.24, 2.45) is 0 Å². The topological polar surface area (TPSA) is 58.4 Å². The molecule has 6 nitrogen and oxygen atoms in total. The number of amides is 1. The molecule has 4 aromatic rings. The van der Waals surface area contributed by atoms with Crippen LogP contribution in [0.5, 0.6) is 0 Å². The Hall–Kier alpha value is -3.71. The van der Waals surface area contributed by atoms with Gasteiger partial charge in [-0.15, -0.1) is 0 Å². The number of nitrogens with zero attached hydrogens (tertiary/aromatic N) is 4. The van der Waals surface area contributed by atoms with Crippen molar-refractivity contribution < 1.29 is 4.79 Å². The first-order valence-electron chi connectivity index (χ1n) is 11.9. The van der Waals surface area contributed by atoms with Crippen molar-refractivity contribution in [3.8, 4) is 0 Å². The Morgan fingerprint density at radius 2 is 1.69 bits per heavy atom. The molecule has 1 unspecified atom stereocenters. The second-order valence-corrected chi connectivity index (χ2v) is 9.21. The molecule has 1 aromatic heterocycles. The number of hydrogen-bond donors (Lipinski definition) is 0. The van der Waals surface area contributed by atoms with Gasteiger partial charge in [0.05, 0.1) is 23.5 Å². The molecule has 0 spiro atoms. The van der Waals surface area contributed by atoms with Crippen LogP contribution in [-0.4, -0.2) is 60.3 Å². The third-order valence-electron chi connectivity index (χ3n) is 6.23. The van der Waals surface area contributed by atoms with Crippen LogP contribution in [-0.2, 0) is 6.54 Å². The zero-order valence-electron chi connectivity index (χ0n) is 20.8. The monoisotopic (exact) mass is 466 g/mol. The molecule has 0 aliphatic carbocycles. The summed E-state index contributed by atoms with van der Waals surface area (Å²) in [7, 11) is 5.95. The molecule has 0 saturated carbocycles. The summed E-state index contributed by atoms with van der Waals surface area (Å²) in [6, 6.07) is 24.5. The Morgan fingerprint density at radius 3 is 2.40 bits per heavy atom. The Bertz CT molecular complexity index is 1380. The van der Waals surface area contributed by atoms with Crippen LogP contribution in [0.25, 0.3) is 10.9 Å². The molecule has 0 saturated heterocycles. The molecule has 0 bridgehead atoms. The fourth-order valence-electron chi connectivity index (χ4n) is 4.29. The van der Waals surface area contributed by atoms with E-state index in [4.69, 9.17) is 4.98 Å². The minimum absolute atomic E-state index is 0.0725. The van der Waals surface area contributed by atoms with Crippen molar-refractivity contribution in [1.82, 2.24) is 19.4 Å². The van der Waals surface area contributed by atoms with E-state index >= 15 is 0 Å². The Balaban J connectivity index is 1.84. The number of benzene rings is 3. The normalized spacial score (nSPS) is 12.1. The van der Waals surface area contributed by atoms with Crippen LogP contribution in [0, 0.1) is 0 Å². The highest BCUT2D eigenvalue weighted by molar-refractivity contribution is 6.32. The van der Waals surface area contributed by atoms with E-state index in [-0.39, 0.29) is 11.5 Å². The number of para-hydroxylation sites is 1. The lowest BCUT2D eigenvalue weighted by Crippen LogP contribution is -2.41. The van der Waals surface area contributed by atoms with Gasteiger partial charge in [0, 0.05) is 18.7 Å². The zero-order valence-corrected chi connectivity index (χ0v) is 20.8. The predicted octanol–water partition coefficient (Wildman–Crippen LogP) is 2.47. The minimum atomic E-state index is -0.413. The summed E-state index contributed by atoms with van der Waals surface area (Å²) in [5.74, 6) is 0.508. The first-order chi connectivity index (χ1) is 16.8. The Kier molecular flexibility index (Phi) is 7.47. The van der Waals surface area contributed by atoms with Gasteiger partial charge < -0.3 is 9.80 Å². The first-order valence-corrected chi connectivity index (χ1v) is 11.9. The van der Waals surface area contributed by atoms with E-state index in [2.05, 4.69) is 0 Å². The molecule has 35 heavy (non-hydrogen) atoms. The zero-order chi connectivity index (χ0) is 24.9. The van der Waals surface area contributed by atoms with Crippen molar-refractivity contribution in [3.63, 3.8) is 0 Å². The van der Waals surface area contributed by atoms with Gasteiger partial charge in [0.25, 0.3) is 11.5 Å². The van der Waals surface area contributed by atoms with Gasteiger partial charge in [-0.25, -0.2) is 4.98 Å². The molecule has 0 radical (unpaired) electrons. The molecule has 3 aromatic carbocycles. The third-order valence-corrected chi connectivity index (χ3v) is 6.23. The summed E-state index contributed by atoms with van der Waals surface area (Å²) < 4.78 is 1.72. The molecule has 7 heteroatoms. The average Bonchev–Trinajstić information content (AvgIpc) is 2.86. The van der Waals surface area contributed by atoms with E-state index in [1.807, 2.05) is 118 Å². The van der Waals surface area contributed by atoms with Gasteiger partial charge in [0.1, 0.15) is 13.7 Å². The second kappa shape index (κ2) is 10.7. The van der Waals surface area contributed by atoms with E-state index in [1.165, 1.54) is 0 Å². The van der Waals surface area contributed by atoms with E-state index in [0.29, 0.717) is 41.9 Å². The number of hydrogen-bond acceptors (Lipinski definition) is 4. The Labute approximate surface area is 207 Å². The number of carbonyl (C=O) groups excluding carboxylic acids is 1. The summed E-state index contributed by atoms with van der Waals surface area (Å²) in [6.45, 7) is 3.55. The second-order valence-electron chi connectivity index (χ2n) is 9.21. The summed E-state index contributed by atoms with van der Waals surface area (Å²) >= 11 is 0. The summed E-state index contributed by atoms with van der Waals surface area (Å²) in [4.78, 5) is 36.2. The van der Waals surface area contributed by atoms with Gasteiger partial charge in [-0.3, -0.25) is 14.2 Å². The fraction of sp³-hybridized carbons (Fsp3) is 0.250. The van der Waals surface area contributed by atoms with Gasteiger partial charge in [-0.1, -0.05) is 66.1 Å². The number of carbonyl (C=O) groups is 1. The van der Waals surface area contributed by atoms with Crippen molar-refractivity contribution in [3.05, 3.63) is 106 Å². The van der Waals surface area contributed by atoms with Crippen molar-refractivity contribution in [2.75, 3.05) is 27.2 Å². The average molecular weight is 466 g/mol. The van der Waals surface area contributed by atoms with E-state index in [9.17, 15) is 9.59 Å². The number of rotatable bonds is 8. The largest absolute Gasteiger partial charge is 0.327 e. The minimum Gasteiger partial charge on any atom is -0.327 e. The highest BCUT2D eigenvalue weighted by Crippen LogP contribution is 2.23. The maximum atomic E-state index is 13.7. The molecular formula is C28H31BN4O2. The summed E-state index contributed by atoms with van der Waals surface area (Å²) in [6.07, 6.45) is 0. The van der Waals surface area contributed by atoms with Crippen LogP contribution in [0.3, 0.4) is 0 Å². The highest BCUT2D eigenvalue weighted by atomic mass is 16.2. The number of likely N-dealkylation sites (N-methyl/N-ethyl adjacent to an activating group) is 1. The summed E-state index contributed by atoms with van der Waals surface area (Å²) in [5.41, 5.74) is 3.20. The number of aromatic nitrogens is 2. The van der Waals surface area contributed by atoms with Crippen molar-refractivity contribution in [2.45, 2.75) is 19.5 Å². The number of fused-ring (bicyclic) bond motifs is 1. The standard InChI is InChI=1S/C28H31BN4O2/c1-20(32(17-16-31(2)3)27(34)22-12-9-13-23(29)18-22)26-30-25-15-8-7-14-24(25)28(35)33(26)19-21-10-5-4-6-11-21/h4-15,18,20H,16-17,19,29H2,1-3H3. The molecule has 1 amide bonds. The van der Waals surface area contributed by atoms with E-state index in [0.717, 1.165) is 11.0 Å². The summed E-state index contributed by atoms with van der Waals surface area (Å²) in [5, 5.41) is 0.573. The molecule has 0 N–H and O–H groups in total. The van der Waals surface area contributed by atoms with Crippen molar-refractivity contribution >= 4 is 30.1 Å². The molecule has 0 fully saturated rings. The molecule has 0 aliphatic heterocycles. The van der Waals surface area contributed by atoms with Crippen LogP contribution in [0.4, 0.5) is 0 Å². The van der Waals surface area contributed by atoms with E-state index < -0.39 is 6.04 Å². The molecule has 1 heterocycles. The fourth-order valence-corrected chi connectivity index (χ4v) is 4.29. The predicted molar refractivity (Wildman–Crippen MR) is 144 cm³/mol. The SMILES string of the molecule is Bc1cccc(C(=O)N(CCN(C)C)C(C)c2nc3ccccc3c(=O)n2Cc2ccccc2)c1. The lowest BCUT2D eigenvalue weighted by Gasteiger charge is -2.31. The molecule has 178 valence electrons.